The molecule has 0 aliphatic carbocycles. The van der Waals surface area contributed by atoms with Crippen molar-refractivity contribution in [2.45, 2.75) is 32.7 Å². The lowest BCUT2D eigenvalue weighted by molar-refractivity contribution is 0.517. The van der Waals surface area contributed by atoms with E-state index in [0.29, 0.717) is 6.04 Å². The molecule has 1 unspecified atom stereocenters. The maximum atomic E-state index is 4.40. The Morgan fingerprint density at radius 1 is 1.50 bits per heavy atom. The average molecular weight is 243 g/mol. The SMILES string of the molecule is C=C(C)CCC(NCC)c1cnn2ccccc12. The van der Waals surface area contributed by atoms with E-state index in [4.69, 9.17) is 0 Å². The van der Waals surface area contributed by atoms with Gasteiger partial charge < -0.3 is 5.32 Å². The third-order valence-electron chi connectivity index (χ3n) is 3.14. The molecule has 0 bridgehead atoms. The topological polar surface area (TPSA) is 29.3 Å². The zero-order valence-electron chi connectivity index (χ0n) is 11.2. The molecule has 2 aromatic rings. The van der Waals surface area contributed by atoms with Gasteiger partial charge >= 0.3 is 0 Å². The molecule has 0 aromatic carbocycles. The van der Waals surface area contributed by atoms with Gasteiger partial charge in [0, 0.05) is 17.8 Å². The van der Waals surface area contributed by atoms with Crippen molar-refractivity contribution in [3.63, 3.8) is 0 Å². The highest BCUT2D eigenvalue weighted by atomic mass is 15.2. The van der Waals surface area contributed by atoms with Gasteiger partial charge in [0.2, 0.25) is 0 Å². The van der Waals surface area contributed by atoms with Gasteiger partial charge in [-0.2, -0.15) is 5.10 Å². The summed E-state index contributed by atoms with van der Waals surface area (Å²) < 4.78 is 1.93. The number of aromatic nitrogens is 2. The maximum absolute atomic E-state index is 4.40. The van der Waals surface area contributed by atoms with Crippen molar-refractivity contribution in [3.8, 4) is 0 Å². The Labute approximate surface area is 109 Å². The number of hydrogen-bond donors (Lipinski definition) is 1. The summed E-state index contributed by atoms with van der Waals surface area (Å²) in [5.41, 5.74) is 3.69. The fourth-order valence-corrected chi connectivity index (χ4v) is 2.23. The van der Waals surface area contributed by atoms with Crippen LogP contribution in [0.15, 0.2) is 42.7 Å². The van der Waals surface area contributed by atoms with E-state index in [1.807, 2.05) is 23.0 Å². The molecule has 96 valence electrons. The van der Waals surface area contributed by atoms with Crippen LogP contribution in [0.3, 0.4) is 0 Å². The fourth-order valence-electron chi connectivity index (χ4n) is 2.23. The van der Waals surface area contributed by atoms with E-state index in [-0.39, 0.29) is 0 Å². The first-order valence-corrected chi connectivity index (χ1v) is 6.52. The second-order valence-electron chi connectivity index (χ2n) is 4.74. The largest absolute Gasteiger partial charge is 0.310 e. The summed E-state index contributed by atoms with van der Waals surface area (Å²) >= 11 is 0. The van der Waals surface area contributed by atoms with Gasteiger partial charge in [0.1, 0.15) is 0 Å². The van der Waals surface area contributed by atoms with E-state index in [2.05, 4.69) is 43.0 Å². The van der Waals surface area contributed by atoms with Crippen molar-refractivity contribution in [3.05, 3.63) is 48.3 Å². The minimum Gasteiger partial charge on any atom is -0.310 e. The molecule has 0 fully saturated rings. The third kappa shape index (κ3) is 2.79. The van der Waals surface area contributed by atoms with Crippen molar-refractivity contribution in [1.29, 1.82) is 0 Å². The summed E-state index contributed by atoms with van der Waals surface area (Å²) in [7, 11) is 0. The van der Waals surface area contributed by atoms with Crippen molar-refractivity contribution >= 4 is 5.52 Å². The van der Waals surface area contributed by atoms with E-state index in [1.165, 1.54) is 16.7 Å². The summed E-state index contributed by atoms with van der Waals surface area (Å²) in [4.78, 5) is 0. The Bertz CT molecular complexity index is 527. The van der Waals surface area contributed by atoms with Gasteiger partial charge in [-0.3, -0.25) is 0 Å². The van der Waals surface area contributed by atoms with Gasteiger partial charge in [-0.1, -0.05) is 18.6 Å². The fraction of sp³-hybridized carbons (Fsp3) is 0.400. The molecule has 18 heavy (non-hydrogen) atoms. The van der Waals surface area contributed by atoms with E-state index in [1.54, 1.807) is 0 Å². The molecule has 2 heterocycles. The average Bonchev–Trinajstić information content (AvgIpc) is 2.78. The predicted octanol–water partition coefficient (Wildman–Crippen LogP) is 3.34. The van der Waals surface area contributed by atoms with Crippen LogP contribution in [0.2, 0.25) is 0 Å². The molecule has 2 rings (SSSR count). The smallest absolute Gasteiger partial charge is 0.0709 e. The molecule has 0 aliphatic heterocycles. The van der Waals surface area contributed by atoms with Crippen LogP contribution in [0, 0.1) is 0 Å². The highest BCUT2D eigenvalue weighted by molar-refractivity contribution is 5.54. The lowest BCUT2D eigenvalue weighted by Gasteiger charge is -2.17. The maximum Gasteiger partial charge on any atom is 0.0709 e. The second kappa shape index (κ2) is 5.83. The molecule has 3 nitrogen and oxygen atoms in total. The predicted molar refractivity (Wildman–Crippen MR) is 75.7 cm³/mol. The quantitative estimate of drug-likeness (QED) is 0.788. The van der Waals surface area contributed by atoms with E-state index < -0.39 is 0 Å². The zero-order valence-corrected chi connectivity index (χ0v) is 11.2. The molecule has 0 amide bonds. The number of allylic oxidation sites excluding steroid dienone is 1. The van der Waals surface area contributed by atoms with Gasteiger partial charge in [0.25, 0.3) is 0 Å². The Hall–Kier alpha value is -1.61. The van der Waals surface area contributed by atoms with Crippen LogP contribution in [0.5, 0.6) is 0 Å². The standard InChI is InChI=1S/C15H21N3/c1-4-16-14(9-8-12(2)3)13-11-17-18-10-6-5-7-15(13)18/h5-7,10-11,14,16H,2,4,8-9H2,1,3H3. The Morgan fingerprint density at radius 2 is 2.33 bits per heavy atom. The van der Waals surface area contributed by atoms with Crippen LogP contribution >= 0.6 is 0 Å². The molecule has 2 aromatic heterocycles. The van der Waals surface area contributed by atoms with Gasteiger partial charge in [-0.15, -0.1) is 6.58 Å². The Balaban J connectivity index is 2.26. The van der Waals surface area contributed by atoms with Crippen LogP contribution in [0.1, 0.15) is 38.3 Å². The number of hydrogen-bond acceptors (Lipinski definition) is 2. The number of nitrogens with one attached hydrogen (secondary N) is 1. The van der Waals surface area contributed by atoms with Crippen LogP contribution in [0.25, 0.3) is 5.52 Å². The molecule has 3 heteroatoms. The molecular weight excluding hydrogens is 222 g/mol. The van der Waals surface area contributed by atoms with Gasteiger partial charge in [0.15, 0.2) is 0 Å². The van der Waals surface area contributed by atoms with Crippen LogP contribution in [-0.2, 0) is 0 Å². The van der Waals surface area contributed by atoms with Crippen LogP contribution < -0.4 is 5.32 Å². The first-order valence-electron chi connectivity index (χ1n) is 6.52. The van der Waals surface area contributed by atoms with Gasteiger partial charge in [0.05, 0.1) is 11.7 Å². The highest BCUT2D eigenvalue weighted by Gasteiger charge is 2.14. The van der Waals surface area contributed by atoms with Crippen molar-refractivity contribution in [1.82, 2.24) is 14.9 Å². The van der Waals surface area contributed by atoms with Crippen LogP contribution in [0.4, 0.5) is 0 Å². The molecule has 0 saturated heterocycles. The third-order valence-corrected chi connectivity index (χ3v) is 3.14. The summed E-state index contributed by atoms with van der Waals surface area (Å²) in [5.74, 6) is 0. The lowest BCUT2D eigenvalue weighted by Crippen LogP contribution is -2.20. The molecule has 1 atom stereocenters. The summed E-state index contributed by atoms with van der Waals surface area (Å²) in [6.45, 7) is 9.17. The van der Waals surface area contributed by atoms with Crippen LogP contribution in [-0.4, -0.2) is 16.2 Å². The van der Waals surface area contributed by atoms with E-state index >= 15 is 0 Å². The van der Waals surface area contributed by atoms with E-state index in [0.717, 1.165) is 19.4 Å². The van der Waals surface area contributed by atoms with E-state index in [9.17, 15) is 0 Å². The van der Waals surface area contributed by atoms with Crippen molar-refractivity contribution in [2.24, 2.45) is 0 Å². The molecule has 0 spiro atoms. The second-order valence-corrected chi connectivity index (χ2v) is 4.74. The number of rotatable bonds is 6. The molecule has 1 N–H and O–H groups in total. The number of fused-ring (bicyclic) bond motifs is 1. The number of pyridine rings is 1. The highest BCUT2D eigenvalue weighted by Crippen LogP contribution is 2.24. The Morgan fingerprint density at radius 3 is 3.06 bits per heavy atom. The summed E-state index contributed by atoms with van der Waals surface area (Å²) in [5, 5.41) is 7.94. The summed E-state index contributed by atoms with van der Waals surface area (Å²) in [6.07, 6.45) is 6.07. The molecular formula is C15H21N3. The molecule has 0 aliphatic rings. The Kier molecular flexibility index (Phi) is 4.15. The lowest BCUT2D eigenvalue weighted by atomic mass is 10.0. The normalized spacial score (nSPS) is 12.8. The monoisotopic (exact) mass is 243 g/mol. The van der Waals surface area contributed by atoms with Crippen molar-refractivity contribution in [2.75, 3.05) is 6.54 Å². The summed E-state index contributed by atoms with van der Waals surface area (Å²) in [6, 6.07) is 6.53. The van der Waals surface area contributed by atoms with Gasteiger partial charge in [-0.25, -0.2) is 4.52 Å². The van der Waals surface area contributed by atoms with Crippen molar-refractivity contribution < 1.29 is 0 Å². The molecule has 0 saturated carbocycles. The molecule has 0 radical (unpaired) electrons. The zero-order chi connectivity index (χ0) is 13.0. The first-order chi connectivity index (χ1) is 8.72. The minimum atomic E-state index is 0.353. The van der Waals surface area contributed by atoms with Gasteiger partial charge in [-0.05, 0) is 38.4 Å². The first kappa shape index (κ1) is 12.8. The number of nitrogens with zero attached hydrogens (tertiary/aromatic N) is 2. The minimum absolute atomic E-state index is 0.353.